The molecule has 0 radical (unpaired) electrons. The van der Waals surface area contributed by atoms with E-state index in [0.29, 0.717) is 32.2 Å². The highest BCUT2D eigenvalue weighted by atomic mass is 32.2. The summed E-state index contributed by atoms with van der Waals surface area (Å²) < 4.78 is 30.9. The summed E-state index contributed by atoms with van der Waals surface area (Å²) in [7, 11) is -1.49. The van der Waals surface area contributed by atoms with Gasteiger partial charge in [-0.25, -0.2) is 13.1 Å². The first-order chi connectivity index (χ1) is 11.4. The van der Waals surface area contributed by atoms with Crippen molar-refractivity contribution in [2.24, 2.45) is 4.99 Å². The van der Waals surface area contributed by atoms with E-state index in [4.69, 9.17) is 4.74 Å². The fraction of sp³-hybridized carbons (Fsp3) is 0.562. The Labute approximate surface area is 145 Å². The van der Waals surface area contributed by atoms with Crippen LogP contribution in [0, 0.1) is 6.92 Å². The Kier molecular flexibility index (Phi) is 8.56. The van der Waals surface area contributed by atoms with Crippen LogP contribution >= 0.6 is 0 Å². The Morgan fingerprint density at radius 3 is 2.58 bits per heavy atom. The van der Waals surface area contributed by atoms with E-state index in [1.807, 2.05) is 32.0 Å². The van der Waals surface area contributed by atoms with Gasteiger partial charge < -0.3 is 15.4 Å². The number of hydrogen-bond acceptors (Lipinski definition) is 4. The van der Waals surface area contributed by atoms with Crippen LogP contribution < -0.4 is 20.1 Å². The molecule has 0 saturated heterocycles. The number of aryl methyl sites for hydroxylation is 1. The Balaban J connectivity index is 2.50. The smallest absolute Gasteiger partial charge is 0.211 e. The molecule has 0 saturated carbocycles. The van der Waals surface area contributed by atoms with Crippen LogP contribution in [0.15, 0.2) is 23.2 Å². The lowest BCUT2D eigenvalue weighted by molar-refractivity contribution is 0.336. The lowest BCUT2D eigenvalue weighted by atomic mass is 10.1. The van der Waals surface area contributed by atoms with Crippen LogP contribution in [0.2, 0.25) is 0 Å². The Hall–Kier alpha value is -1.80. The number of nitrogens with one attached hydrogen (secondary N) is 3. The molecule has 0 unspecified atom stereocenters. The van der Waals surface area contributed by atoms with E-state index in [1.165, 1.54) is 0 Å². The van der Waals surface area contributed by atoms with E-state index in [0.717, 1.165) is 16.9 Å². The molecule has 0 aliphatic heterocycles. The van der Waals surface area contributed by atoms with Crippen molar-refractivity contribution >= 4 is 16.0 Å². The number of nitrogens with zero attached hydrogens (tertiary/aromatic N) is 1. The molecule has 0 fully saturated rings. The SMILES string of the molecule is CCOc1cc(C)ccc1CNC(=NC)NCCNS(=O)(=O)CC. The molecule has 0 aliphatic rings. The maximum Gasteiger partial charge on any atom is 0.211 e. The van der Waals surface area contributed by atoms with Gasteiger partial charge in [0, 0.05) is 32.2 Å². The largest absolute Gasteiger partial charge is 0.494 e. The number of ether oxygens (including phenoxy) is 1. The molecule has 7 nitrogen and oxygen atoms in total. The molecular formula is C16H28N4O3S. The zero-order chi connectivity index (χ0) is 18.0. The predicted molar refractivity (Wildman–Crippen MR) is 98.0 cm³/mol. The first kappa shape index (κ1) is 20.2. The first-order valence-electron chi connectivity index (χ1n) is 8.06. The Morgan fingerprint density at radius 1 is 1.21 bits per heavy atom. The van der Waals surface area contributed by atoms with Crippen LogP contribution in [0.3, 0.4) is 0 Å². The minimum Gasteiger partial charge on any atom is -0.494 e. The van der Waals surface area contributed by atoms with Gasteiger partial charge >= 0.3 is 0 Å². The third-order valence-corrected chi connectivity index (χ3v) is 4.72. The van der Waals surface area contributed by atoms with Crippen molar-refractivity contribution in [3.63, 3.8) is 0 Å². The Morgan fingerprint density at radius 2 is 1.96 bits per heavy atom. The van der Waals surface area contributed by atoms with Crippen molar-refractivity contribution in [2.75, 3.05) is 32.5 Å². The summed E-state index contributed by atoms with van der Waals surface area (Å²) in [6, 6.07) is 6.07. The first-order valence-corrected chi connectivity index (χ1v) is 9.71. The van der Waals surface area contributed by atoms with Crippen LogP contribution in [0.25, 0.3) is 0 Å². The molecule has 0 atom stereocenters. The zero-order valence-electron chi connectivity index (χ0n) is 14.8. The van der Waals surface area contributed by atoms with E-state index in [9.17, 15) is 8.42 Å². The maximum atomic E-state index is 11.4. The van der Waals surface area contributed by atoms with Gasteiger partial charge in [0.05, 0.1) is 12.4 Å². The summed E-state index contributed by atoms with van der Waals surface area (Å²) in [6.07, 6.45) is 0. The second kappa shape index (κ2) is 10.1. The van der Waals surface area contributed by atoms with Crippen LogP contribution in [0.1, 0.15) is 25.0 Å². The van der Waals surface area contributed by atoms with Gasteiger partial charge in [-0.2, -0.15) is 0 Å². The highest BCUT2D eigenvalue weighted by Crippen LogP contribution is 2.20. The number of rotatable bonds is 9. The molecule has 1 aromatic rings. The fourth-order valence-corrected chi connectivity index (χ4v) is 2.60. The minimum atomic E-state index is -3.16. The van der Waals surface area contributed by atoms with Crippen molar-refractivity contribution in [1.82, 2.24) is 15.4 Å². The van der Waals surface area contributed by atoms with Crippen molar-refractivity contribution in [3.05, 3.63) is 29.3 Å². The normalized spacial score (nSPS) is 12.1. The second-order valence-corrected chi connectivity index (χ2v) is 7.29. The lowest BCUT2D eigenvalue weighted by Crippen LogP contribution is -2.41. The van der Waals surface area contributed by atoms with E-state index in [-0.39, 0.29) is 5.75 Å². The average molecular weight is 356 g/mol. The molecule has 0 bridgehead atoms. The quantitative estimate of drug-likeness (QED) is 0.349. The number of hydrogen-bond donors (Lipinski definition) is 3. The molecule has 0 aromatic heterocycles. The summed E-state index contributed by atoms with van der Waals surface area (Å²) >= 11 is 0. The molecule has 24 heavy (non-hydrogen) atoms. The number of aliphatic imine (C=N–C) groups is 1. The highest BCUT2D eigenvalue weighted by Gasteiger charge is 2.07. The van der Waals surface area contributed by atoms with Gasteiger partial charge in [-0.3, -0.25) is 4.99 Å². The fourth-order valence-electron chi connectivity index (χ4n) is 1.99. The summed E-state index contributed by atoms with van der Waals surface area (Å²) in [5.41, 5.74) is 2.19. The van der Waals surface area contributed by atoms with Crippen molar-refractivity contribution in [3.8, 4) is 5.75 Å². The van der Waals surface area contributed by atoms with Crippen LogP contribution in [-0.2, 0) is 16.6 Å². The van der Waals surface area contributed by atoms with Gasteiger partial charge in [0.15, 0.2) is 5.96 Å². The third-order valence-electron chi connectivity index (χ3n) is 3.31. The molecule has 0 aliphatic carbocycles. The monoisotopic (exact) mass is 356 g/mol. The summed E-state index contributed by atoms with van der Waals surface area (Å²) in [5.74, 6) is 1.54. The minimum absolute atomic E-state index is 0.0770. The second-order valence-electron chi connectivity index (χ2n) is 5.19. The van der Waals surface area contributed by atoms with E-state index < -0.39 is 10.0 Å². The van der Waals surface area contributed by atoms with Gasteiger partial charge in [0.2, 0.25) is 10.0 Å². The predicted octanol–water partition coefficient (Wildman–Crippen LogP) is 0.998. The summed E-state index contributed by atoms with van der Waals surface area (Å²) in [4.78, 5) is 4.13. The lowest BCUT2D eigenvalue weighted by Gasteiger charge is -2.15. The Bertz CT molecular complexity index is 645. The topological polar surface area (TPSA) is 91.8 Å². The molecule has 136 valence electrons. The standard InChI is InChI=1S/C16H28N4O3S/c1-5-23-15-11-13(3)7-8-14(15)12-19-16(17-4)18-9-10-20-24(21,22)6-2/h7-8,11,20H,5-6,9-10,12H2,1-4H3,(H2,17,18,19). The van der Waals surface area contributed by atoms with E-state index in [1.54, 1.807) is 14.0 Å². The van der Waals surface area contributed by atoms with Gasteiger partial charge in [0.25, 0.3) is 0 Å². The molecule has 8 heteroatoms. The van der Waals surface area contributed by atoms with Crippen molar-refractivity contribution in [1.29, 1.82) is 0 Å². The van der Waals surface area contributed by atoms with Gasteiger partial charge in [-0.1, -0.05) is 12.1 Å². The molecule has 1 rings (SSSR count). The van der Waals surface area contributed by atoms with Crippen LogP contribution in [-0.4, -0.2) is 46.9 Å². The average Bonchev–Trinajstić information content (AvgIpc) is 2.56. The summed E-state index contributed by atoms with van der Waals surface area (Å²) in [6.45, 7) is 7.52. The summed E-state index contributed by atoms with van der Waals surface area (Å²) in [5, 5.41) is 6.27. The molecule has 0 amide bonds. The molecule has 3 N–H and O–H groups in total. The number of guanidine groups is 1. The highest BCUT2D eigenvalue weighted by molar-refractivity contribution is 7.89. The van der Waals surface area contributed by atoms with Gasteiger partial charge in [-0.15, -0.1) is 0 Å². The van der Waals surface area contributed by atoms with Crippen LogP contribution in [0.4, 0.5) is 0 Å². The number of sulfonamides is 1. The molecule has 0 heterocycles. The molecule has 1 aromatic carbocycles. The molecular weight excluding hydrogens is 328 g/mol. The van der Waals surface area contributed by atoms with E-state index in [2.05, 4.69) is 20.3 Å². The van der Waals surface area contributed by atoms with E-state index >= 15 is 0 Å². The van der Waals surface area contributed by atoms with Gasteiger partial charge in [0.1, 0.15) is 5.75 Å². The third kappa shape index (κ3) is 7.18. The zero-order valence-corrected chi connectivity index (χ0v) is 15.7. The van der Waals surface area contributed by atoms with Crippen molar-refractivity contribution in [2.45, 2.75) is 27.3 Å². The maximum absolute atomic E-state index is 11.4. The number of benzene rings is 1. The van der Waals surface area contributed by atoms with Gasteiger partial charge in [-0.05, 0) is 32.4 Å². The van der Waals surface area contributed by atoms with Crippen LogP contribution in [0.5, 0.6) is 5.75 Å². The molecule has 0 spiro atoms. The van der Waals surface area contributed by atoms with Crippen molar-refractivity contribution < 1.29 is 13.2 Å².